The summed E-state index contributed by atoms with van der Waals surface area (Å²) < 4.78 is 0. The van der Waals surface area contributed by atoms with Crippen LogP contribution in [0.4, 0.5) is 5.69 Å². The molecule has 1 atom stereocenters. The molecule has 1 aromatic heterocycles. The summed E-state index contributed by atoms with van der Waals surface area (Å²) in [6.45, 7) is 6.01. The Bertz CT molecular complexity index is 928. The Morgan fingerprint density at radius 1 is 1.11 bits per heavy atom. The summed E-state index contributed by atoms with van der Waals surface area (Å²) in [5.41, 5.74) is 5.03. The number of anilines is 1. The molecule has 2 aromatic carbocycles. The number of aromatic nitrogens is 2. The quantitative estimate of drug-likeness (QED) is 0.478. The van der Waals surface area contributed by atoms with Gasteiger partial charge in [-0.2, -0.15) is 0 Å². The van der Waals surface area contributed by atoms with Gasteiger partial charge in [-0.05, 0) is 37.5 Å². The Morgan fingerprint density at radius 3 is 2.63 bits per heavy atom. The van der Waals surface area contributed by atoms with Crippen LogP contribution in [0.2, 0.25) is 0 Å². The molecule has 0 aliphatic rings. The molecule has 0 saturated carbocycles. The fraction of sp³-hybridized carbons (Fsp3) is 0.227. The van der Waals surface area contributed by atoms with Gasteiger partial charge in [0, 0.05) is 11.3 Å². The lowest BCUT2D eigenvalue weighted by atomic mass is 10.1. The van der Waals surface area contributed by atoms with Crippen molar-refractivity contribution in [3.8, 4) is 11.3 Å². The standard InChI is InChI=1S/C22H23N3OS/c1-4-17-12-8-9-15(2)21(17)25-22(26)16(3)27-20-13-19(23-14-24-20)18-10-6-5-7-11-18/h5-14,16H,4H2,1-3H3,(H,25,26)/t16-/m1/s1. The molecule has 5 heteroatoms. The molecular formula is C22H23N3OS. The first-order chi connectivity index (χ1) is 13.1. The Kier molecular flexibility index (Phi) is 6.24. The number of amides is 1. The van der Waals surface area contributed by atoms with Crippen molar-refractivity contribution in [2.24, 2.45) is 0 Å². The van der Waals surface area contributed by atoms with Gasteiger partial charge in [-0.25, -0.2) is 9.97 Å². The maximum Gasteiger partial charge on any atom is 0.237 e. The van der Waals surface area contributed by atoms with E-state index in [9.17, 15) is 4.79 Å². The number of nitrogens with one attached hydrogen (secondary N) is 1. The van der Waals surface area contributed by atoms with E-state index in [1.54, 1.807) is 6.33 Å². The van der Waals surface area contributed by atoms with Crippen LogP contribution in [0.1, 0.15) is 25.0 Å². The Hall–Kier alpha value is -2.66. The molecule has 0 spiro atoms. The van der Waals surface area contributed by atoms with E-state index in [1.165, 1.54) is 11.8 Å². The van der Waals surface area contributed by atoms with Crippen LogP contribution < -0.4 is 5.32 Å². The zero-order valence-corrected chi connectivity index (χ0v) is 16.6. The van der Waals surface area contributed by atoms with E-state index < -0.39 is 0 Å². The highest BCUT2D eigenvalue weighted by Crippen LogP contribution is 2.27. The highest BCUT2D eigenvalue weighted by atomic mass is 32.2. The summed E-state index contributed by atoms with van der Waals surface area (Å²) in [5, 5.41) is 3.61. The number of hydrogen-bond acceptors (Lipinski definition) is 4. The molecule has 0 aliphatic heterocycles. The fourth-order valence-electron chi connectivity index (χ4n) is 2.83. The largest absolute Gasteiger partial charge is 0.325 e. The lowest BCUT2D eigenvalue weighted by Gasteiger charge is -2.16. The number of carbonyl (C=O) groups excluding carboxylic acids is 1. The van der Waals surface area contributed by atoms with Gasteiger partial charge < -0.3 is 5.32 Å². The van der Waals surface area contributed by atoms with Gasteiger partial charge in [0.2, 0.25) is 5.91 Å². The Balaban J connectivity index is 1.72. The molecule has 0 bridgehead atoms. The van der Waals surface area contributed by atoms with Crippen LogP contribution in [0.3, 0.4) is 0 Å². The molecule has 27 heavy (non-hydrogen) atoms. The first kappa shape index (κ1) is 19.1. The minimum atomic E-state index is -0.271. The average molecular weight is 378 g/mol. The van der Waals surface area contributed by atoms with Crippen molar-refractivity contribution in [2.75, 3.05) is 5.32 Å². The third-order valence-corrected chi connectivity index (χ3v) is 5.40. The van der Waals surface area contributed by atoms with Crippen LogP contribution in [-0.4, -0.2) is 21.1 Å². The van der Waals surface area contributed by atoms with Crippen molar-refractivity contribution in [3.63, 3.8) is 0 Å². The maximum atomic E-state index is 12.7. The first-order valence-corrected chi connectivity index (χ1v) is 9.90. The number of para-hydroxylation sites is 1. The topological polar surface area (TPSA) is 54.9 Å². The normalized spacial score (nSPS) is 11.8. The molecule has 1 heterocycles. The number of rotatable bonds is 6. The van der Waals surface area contributed by atoms with Crippen LogP contribution in [-0.2, 0) is 11.2 Å². The zero-order chi connectivity index (χ0) is 19.2. The van der Waals surface area contributed by atoms with E-state index in [1.807, 2.05) is 62.4 Å². The van der Waals surface area contributed by atoms with E-state index in [-0.39, 0.29) is 11.2 Å². The van der Waals surface area contributed by atoms with Crippen LogP contribution in [0.5, 0.6) is 0 Å². The molecule has 3 rings (SSSR count). The van der Waals surface area contributed by atoms with E-state index >= 15 is 0 Å². The Labute approximate surface area is 164 Å². The monoisotopic (exact) mass is 377 g/mol. The van der Waals surface area contributed by atoms with Crippen LogP contribution in [0.15, 0.2) is 66.0 Å². The summed E-state index contributed by atoms with van der Waals surface area (Å²) in [6.07, 6.45) is 2.43. The summed E-state index contributed by atoms with van der Waals surface area (Å²) in [6, 6.07) is 18.0. The smallest absolute Gasteiger partial charge is 0.237 e. The highest BCUT2D eigenvalue weighted by molar-refractivity contribution is 8.00. The third kappa shape index (κ3) is 4.74. The van der Waals surface area contributed by atoms with Crippen LogP contribution in [0, 0.1) is 6.92 Å². The molecule has 4 nitrogen and oxygen atoms in total. The van der Waals surface area contributed by atoms with Crippen molar-refractivity contribution in [1.29, 1.82) is 0 Å². The minimum absolute atomic E-state index is 0.0242. The van der Waals surface area contributed by atoms with Crippen LogP contribution >= 0.6 is 11.8 Å². The molecule has 138 valence electrons. The molecule has 1 amide bonds. The third-order valence-electron chi connectivity index (χ3n) is 4.37. The maximum absolute atomic E-state index is 12.7. The van der Waals surface area contributed by atoms with Crippen molar-refractivity contribution in [2.45, 2.75) is 37.5 Å². The van der Waals surface area contributed by atoms with Gasteiger partial charge in [-0.3, -0.25) is 4.79 Å². The zero-order valence-electron chi connectivity index (χ0n) is 15.8. The van der Waals surface area contributed by atoms with Crippen molar-refractivity contribution < 1.29 is 4.79 Å². The fourth-order valence-corrected chi connectivity index (χ4v) is 3.65. The Morgan fingerprint density at radius 2 is 1.89 bits per heavy atom. The van der Waals surface area contributed by atoms with Gasteiger partial charge in [0.25, 0.3) is 0 Å². The lowest BCUT2D eigenvalue weighted by Crippen LogP contribution is -2.23. The second-order valence-corrected chi connectivity index (χ2v) is 7.68. The molecule has 0 saturated heterocycles. The highest BCUT2D eigenvalue weighted by Gasteiger charge is 2.18. The predicted octanol–water partition coefficient (Wildman–Crippen LogP) is 5.13. The number of benzene rings is 2. The molecule has 1 N–H and O–H groups in total. The molecule has 0 aliphatic carbocycles. The van der Waals surface area contributed by atoms with Crippen LogP contribution in [0.25, 0.3) is 11.3 Å². The average Bonchev–Trinajstić information content (AvgIpc) is 2.70. The number of aryl methyl sites for hydroxylation is 2. The predicted molar refractivity (Wildman–Crippen MR) is 112 cm³/mol. The summed E-state index contributed by atoms with van der Waals surface area (Å²) >= 11 is 1.44. The van der Waals surface area contributed by atoms with Crippen molar-refractivity contribution in [3.05, 3.63) is 72.1 Å². The molecular weight excluding hydrogens is 354 g/mol. The SMILES string of the molecule is CCc1cccc(C)c1NC(=O)[C@@H](C)Sc1cc(-c2ccccc2)ncn1. The second kappa shape index (κ2) is 8.82. The molecule has 0 unspecified atom stereocenters. The number of hydrogen-bond donors (Lipinski definition) is 1. The van der Waals surface area contributed by atoms with Gasteiger partial charge in [0.1, 0.15) is 11.4 Å². The number of thioether (sulfide) groups is 1. The number of carbonyl (C=O) groups is 1. The number of nitrogens with zero attached hydrogens (tertiary/aromatic N) is 2. The molecule has 3 aromatic rings. The minimum Gasteiger partial charge on any atom is -0.325 e. The van der Waals surface area contributed by atoms with Gasteiger partial charge in [-0.15, -0.1) is 0 Å². The van der Waals surface area contributed by atoms with Crippen molar-refractivity contribution in [1.82, 2.24) is 9.97 Å². The second-order valence-electron chi connectivity index (χ2n) is 6.32. The van der Waals surface area contributed by atoms with Gasteiger partial charge in [-0.1, -0.05) is 67.2 Å². The van der Waals surface area contributed by atoms with E-state index in [0.29, 0.717) is 0 Å². The van der Waals surface area contributed by atoms with Gasteiger partial charge in [0.15, 0.2) is 0 Å². The summed E-state index contributed by atoms with van der Waals surface area (Å²) in [7, 11) is 0. The van der Waals surface area contributed by atoms with E-state index in [0.717, 1.165) is 39.5 Å². The first-order valence-electron chi connectivity index (χ1n) is 9.02. The van der Waals surface area contributed by atoms with E-state index in [2.05, 4.69) is 28.3 Å². The van der Waals surface area contributed by atoms with Gasteiger partial charge in [0.05, 0.1) is 10.9 Å². The lowest BCUT2D eigenvalue weighted by molar-refractivity contribution is -0.115. The molecule has 0 radical (unpaired) electrons. The summed E-state index contributed by atoms with van der Waals surface area (Å²) in [5.74, 6) is -0.0242. The van der Waals surface area contributed by atoms with E-state index in [4.69, 9.17) is 0 Å². The van der Waals surface area contributed by atoms with Gasteiger partial charge >= 0.3 is 0 Å². The summed E-state index contributed by atoms with van der Waals surface area (Å²) in [4.78, 5) is 21.4. The van der Waals surface area contributed by atoms with Crippen molar-refractivity contribution >= 4 is 23.4 Å². The molecule has 0 fully saturated rings.